The highest BCUT2D eigenvalue weighted by molar-refractivity contribution is 7.17. The Morgan fingerprint density at radius 1 is 1.29 bits per heavy atom. The molecule has 2 aromatic rings. The molecule has 3 rings (SSSR count). The lowest BCUT2D eigenvalue weighted by Crippen LogP contribution is -2.43. The van der Waals surface area contributed by atoms with Gasteiger partial charge in [-0.05, 0) is 18.2 Å². The number of halogens is 1. The quantitative estimate of drug-likeness (QED) is 0.632. The van der Waals surface area contributed by atoms with Gasteiger partial charge in [-0.1, -0.05) is 11.3 Å². The maximum Gasteiger partial charge on any atom is 0.324 e. The van der Waals surface area contributed by atoms with Crippen molar-refractivity contribution in [3.8, 4) is 0 Å². The summed E-state index contributed by atoms with van der Waals surface area (Å²) >= 11 is 0.840. The van der Waals surface area contributed by atoms with Gasteiger partial charge in [-0.25, -0.2) is 4.98 Å². The second kappa shape index (κ2) is 8.04. The van der Waals surface area contributed by atoms with Crippen LogP contribution in [0.5, 0.6) is 0 Å². The molecule has 0 unspecified atom stereocenters. The van der Waals surface area contributed by atoms with Gasteiger partial charge in [-0.15, -0.1) is 12.4 Å². The van der Waals surface area contributed by atoms with Gasteiger partial charge in [-0.2, -0.15) is 0 Å². The van der Waals surface area contributed by atoms with Crippen molar-refractivity contribution in [1.82, 2.24) is 10.3 Å². The largest absolute Gasteiger partial charge is 0.368 e. The van der Waals surface area contributed by atoms with E-state index in [0.717, 1.165) is 43.2 Å². The maximum absolute atomic E-state index is 12.1. The Morgan fingerprint density at radius 3 is 2.62 bits per heavy atom. The van der Waals surface area contributed by atoms with Crippen molar-refractivity contribution in [2.45, 2.75) is 0 Å². The minimum atomic E-state index is -0.512. The number of carbonyl (C=O) groups excluding carboxylic acids is 1. The fraction of sp³-hybridized carbons (Fsp3) is 0.286. The lowest BCUT2D eigenvalue weighted by atomic mass is 10.3. The second-order valence-corrected chi connectivity index (χ2v) is 6.05. The summed E-state index contributed by atoms with van der Waals surface area (Å²) < 4.78 is 0. The van der Waals surface area contributed by atoms with E-state index in [1.54, 1.807) is 12.3 Å². The van der Waals surface area contributed by atoms with Crippen LogP contribution in [0.4, 0.5) is 16.5 Å². The summed E-state index contributed by atoms with van der Waals surface area (Å²) in [5.41, 5.74) is 1.01. The van der Waals surface area contributed by atoms with Crippen molar-refractivity contribution in [2.75, 3.05) is 36.4 Å². The minimum Gasteiger partial charge on any atom is -0.368 e. The standard InChI is InChI=1S/C14H15N5O3S.ClH/c20-14(11-2-4-13(23-11)19(21)22)17-12-3-1-10(9-16-12)18-7-5-15-6-8-18;/h1-4,9,15H,5-8H2,(H,16,17,20);1H. The summed E-state index contributed by atoms with van der Waals surface area (Å²) in [6.07, 6.45) is 1.72. The van der Waals surface area contributed by atoms with Crippen molar-refractivity contribution in [1.29, 1.82) is 0 Å². The number of amides is 1. The number of piperazine rings is 1. The molecule has 0 atom stereocenters. The molecule has 0 aromatic carbocycles. The summed E-state index contributed by atoms with van der Waals surface area (Å²) in [5.74, 6) is 0.0236. The van der Waals surface area contributed by atoms with E-state index in [4.69, 9.17) is 0 Å². The number of nitrogens with zero attached hydrogens (tertiary/aromatic N) is 3. The Hall–Kier alpha value is -2.23. The van der Waals surface area contributed by atoms with Crippen LogP contribution in [0.1, 0.15) is 9.67 Å². The van der Waals surface area contributed by atoms with E-state index in [-0.39, 0.29) is 22.3 Å². The Kier molecular flexibility index (Phi) is 6.07. The highest BCUT2D eigenvalue weighted by Crippen LogP contribution is 2.24. The van der Waals surface area contributed by atoms with Gasteiger partial charge in [0.25, 0.3) is 5.91 Å². The molecule has 1 aliphatic rings. The van der Waals surface area contributed by atoms with E-state index in [0.29, 0.717) is 5.82 Å². The van der Waals surface area contributed by atoms with Crippen molar-refractivity contribution in [3.05, 3.63) is 45.5 Å². The molecule has 1 amide bonds. The van der Waals surface area contributed by atoms with Crippen LogP contribution in [0.25, 0.3) is 0 Å². The minimum absolute atomic E-state index is 0. The normalized spacial score (nSPS) is 13.9. The summed E-state index contributed by atoms with van der Waals surface area (Å²) in [6.45, 7) is 3.73. The van der Waals surface area contributed by atoms with E-state index in [9.17, 15) is 14.9 Å². The first-order valence-electron chi connectivity index (χ1n) is 7.11. The molecular weight excluding hydrogens is 354 g/mol. The third-order valence-corrected chi connectivity index (χ3v) is 4.50. The second-order valence-electron chi connectivity index (χ2n) is 4.99. The van der Waals surface area contributed by atoms with E-state index in [1.165, 1.54) is 12.1 Å². The number of anilines is 2. The van der Waals surface area contributed by atoms with Gasteiger partial charge in [0.05, 0.1) is 21.7 Å². The topological polar surface area (TPSA) is 100 Å². The van der Waals surface area contributed by atoms with Gasteiger partial charge in [0, 0.05) is 32.2 Å². The fourth-order valence-electron chi connectivity index (χ4n) is 2.30. The van der Waals surface area contributed by atoms with Gasteiger partial charge in [0.15, 0.2) is 0 Å². The molecule has 0 radical (unpaired) electrons. The molecule has 24 heavy (non-hydrogen) atoms. The summed E-state index contributed by atoms with van der Waals surface area (Å²) in [4.78, 5) is 28.9. The number of hydrogen-bond acceptors (Lipinski definition) is 7. The molecule has 3 heterocycles. The van der Waals surface area contributed by atoms with Crippen LogP contribution < -0.4 is 15.5 Å². The zero-order chi connectivity index (χ0) is 16.2. The van der Waals surface area contributed by atoms with Gasteiger partial charge < -0.3 is 15.5 Å². The number of thiophene rings is 1. The van der Waals surface area contributed by atoms with E-state index in [2.05, 4.69) is 20.5 Å². The Labute approximate surface area is 148 Å². The molecule has 128 valence electrons. The first kappa shape index (κ1) is 18.1. The predicted molar refractivity (Wildman–Crippen MR) is 95.5 cm³/mol. The number of rotatable bonds is 4. The highest BCUT2D eigenvalue weighted by atomic mass is 35.5. The van der Waals surface area contributed by atoms with Crippen LogP contribution in [0, 0.1) is 10.1 Å². The predicted octanol–water partition coefficient (Wildman–Crippen LogP) is 2.13. The molecule has 2 N–H and O–H groups in total. The van der Waals surface area contributed by atoms with Crippen molar-refractivity contribution in [3.63, 3.8) is 0 Å². The maximum atomic E-state index is 12.1. The molecule has 1 aliphatic heterocycles. The third-order valence-electron chi connectivity index (χ3n) is 3.47. The van der Waals surface area contributed by atoms with Gasteiger partial charge in [-0.3, -0.25) is 14.9 Å². The Morgan fingerprint density at radius 2 is 2.04 bits per heavy atom. The number of nitrogens with one attached hydrogen (secondary N) is 2. The molecular formula is C14H16ClN5O3S. The zero-order valence-electron chi connectivity index (χ0n) is 12.6. The van der Waals surface area contributed by atoms with Crippen LogP contribution in [0.2, 0.25) is 0 Å². The molecule has 0 bridgehead atoms. The highest BCUT2D eigenvalue weighted by Gasteiger charge is 2.16. The summed E-state index contributed by atoms with van der Waals surface area (Å²) in [7, 11) is 0. The van der Waals surface area contributed by atoms with E-state index in [1.807, 2.05) is 6.07 Å². The SMILES string of the molecule is Cl.O=C(Nc1ccc(N2CCNCC2)cn1)c1ccc([N+](=O)[O-])s1. The summed E-state index contributed by atoms with van der Waals surface area (Å²) in [5, 5.41) is 16.5. The smallest absolute Gasteiger partial charge is 0.324 e. The number of hydrogen-bond donors (Lipinski definition) is 2. The molecule has 1 saturated heterocycles. The van der Waals surface area contributed by atoms with Gasteiger partial charge in [0.2, 0.25) is 0 Å². The first-order valence-corrected chi connectivity index (χ1v) is 7.92. The van der Waals surface area contributed by atoms with Crippen molar-refractivity contribution in [2.24, 2.45) is 0 Å². The zero-order valence-corrected chi connectivity index (χ0v) is 14.2. The van der Waals surface area contributed by atoms with E-state index >= 15 is 0 Å². The Balaban J connectivity index is 0.00000208. The molecule has 0 aliphatic carbocycles. The number of pyridine rings is 1. The average molecular weight is 370 g/mol. The fourth-order valence-corrected chi connectivity index (χ4v) is 3.01. The molecule has 10 heteroatoms. The molecule has 1 fully saturated rings. The molecule has 0 saturated carbocycles. The average Bonchev–Trinajstić information content (AvgIpc) is 3.07. The summed E-state index contributed by atoms with van der Waals surface area (Å²) in [6, 6.07) is 6.40. The Bertz CT molecular complexity index is 715. The van der Waals surface area contributed by atoms with Crippen LogP contribution in [-0.2, 0) is 0 Å². The number of nitro groups is 1. The lowest BCUT2D eigenvalue weighted by molar-refractivity contribution is -0.380. The van der Waals surface area contributed by atoms with E-state index < -0.39 is 10.8 Å². The monoisotopic (exact) mass is 369 g/mol. The third kappa shape index (κ3) is 4.19. The number of carbonyl (C=O) groups is 1. The van der Waals surface area contributed by atoms with Crippen LogP contribution >= 0.6 is 23.7 Å². The van der Waals surface area contributed by atoms with Crippen LogP contribution in [0.3, 0.4) is 0 Å². The molecule has 2 aromatic heterocycles. The molecule has 0 spiro atoms. The van der Waals surface area contributed by atoms with Crippen molar-refractivity contribution < 1.29 is 9.72 Å². The number of aromatic nitrogens is 1. The van der Waals surface area contributed by atoms with Crippen molar-refractivity contribution >= 4 is 46.2 Å². The van der Waals surface area contributed by atoms with Crippen LogP contribution in [-0.4, -0.2) is 42.0 Å². The van der Waals surface area contributed by atoms with Gasteiger partial charge >= 0.3 is 5.00 Å². The van der Waals surface area contributed by atoms with Crippen LogP contribution in [0.15, 0.2) is 30.5 Å². The molecule has 8 nitrogen and oxygen atoms in total. The first-order chi connectivity index (χ1) is 11.1. The lowest BCUT2D eigenvalue weighted by Gasteiger charge is -2.29. The van der Waals surface area contributed by atoms with Gasteiger partial charge in [0.1, 0.15) is 5.82 Å².